The molecule has 2 fully saturated rings. The molecular formula is C23H28N2O3. The van der Waals surface area contributed by atoms with Crippen LogP contribution >= 0.6 is 0 Å². The highest BCUT2D eigenvalue weighted by atomic mass is 16.7. The van der Waals surface area contributed by atoms with Gasteiger partial charge in [0.25, 0.3) is 0 Å². The van der Waals surface area contributed by atoms with Crippen molar-refractivity contribution in [1.82, 2.24) is 10.2 Å². The molecule has 2 aromatic rings. The molecule has 0 aliphatic carbocycles. The van der Waals surface area contributed by atoms with Crippen molar-refractivity contribution in [3.63, 3.8) is 0 Å². The van der Waals surface area contributed by atoms with Crippen molar-refractivity contribution < 1.29 is 14.3 Å². The Morgan fingerprint density at radius 2 is 1.46 bits per heavy atom. The van der Waals surface area contributed by atoms with Crippen LogP contribution in [0.25, 0.3) is 0 Å². The van der Waals surface area contributed by atoms with Gasteiger partial charge in [-0.05, 0) is 11.1 Å². The molecule has 1 N–H and O–H groups in total. The predicted octanol–water partition coefficient (Wildman–Crippen LogP) is 3.12. The summed E-state index contributed by atoms with van der Waals surface area (Å²) in [6, 6.07) is 20.1. The Bertz CT molecular complexity index is 710. The third-order valence-corrected chi connectivity index (χ3v) is 5.66. The van der Waals surface area contributed by atoms with Gasteiger partial charge in [-0.15, -0.1) is 0 Å². The third-order valence-electron chi connectivity index (χ3n) is 5.66. The Hall–Kier alpha value is -2.21. The summed E-state index contributed by atoms with van der Waals surface area (Å²) in [4.78, 5) is 15.0. The minimum absolute atomic E-state index is 0.0753. The van der Waals surface area contributed by atoms with E-state index in [0.717, 1.165) is 43.6 Å². The molecule has 0 unspecified atom stereocenters. The van der Waals surface area contributed by atoms with E-state index in [9.17, 15) is 4.79 Å². The van der Waals surface area contributed by atoms with Gasteiger partial charge in [0.2, 0.25) is 5.91 Å². The molecule has 28 heavy (non-hydrogen) atoms. The number of ether oxygens (including phenoxy) is 2. The quantitative estimate of drug-likeness (QED) is 0.837. The van der Waals surface area contributed by atoms with E-state index in [-0.39, 0.29) is 17.7 Å². The zero-order valence-corrected chi connectivity index (χ0v) is 16.2. The SMILES string of the molecule is O=C(CCN1CCC2(CC1)OCCO2)NC(c1ccccc1)c1ccccc1. The lowest BCUT2D eigenvalue weighted by molar-refractivity contribution is -0.185. The number of amides is 1. The van der Waals surface area contributed by atoms with Gasteiger partial charge < -0.3 is 19.7 Å². The summed E-state index contributed by atoms with van der Waals surface area (Å²) in [5.74, 6) is -0.281. The van der Waals surface area contributed by atoms with Crippen LogP contribution in [0.2, 0.25) is 0 Å². The molecule has 0 bridgehead atoms. The van der Waals surface area contributed by atoms with Crippen LogP contribution < -0.4 is 5.32 Å². The fourth-order valence-corrected chi connectivity index (χ4v) is 4.05. The Labute approximate surface area is 166 Å². The van der Waals surface area contributed by atoms with Gasteiger partial charge in [-0.1, -0.05) is 60.7 Å². The van der Waals surface area contributed by atoms with E-state index in [1.54, 1.807) is 0 Å². The molecule has 2 aliphatic rings. The molecular weight excluding hydrogens is 352 g/mol. The molecule has 0 atom stereocenters. The van der Waals surface area contributed by atoms with Gasteiger partial charge in [-0.3, -0.25) is 4.79 Å². The summed E-state index contributed by atoms with van der Waals surface area (Å²) in [6.07, 6.45) is 2.25. The van der Waals surface area contributed by atoms with Gasteiger partial charge in [0.1, 0.15) is 0 Å². The predicted molar refractivity (Wildman–Crippen MR) is 108 cm³/mol. The number of carbonyl (C=O) groups is 1. The summed E-state index contributed by atoms with van der Waals surface area (Å²) in [5.41, 5.74) is 2.19. The first kappa shape index (κ1) is 19.1. The number of piperidine rings is 1. The molecule has 0 saturated carbocycles. The van der Waals surface area contributed by atoms with Crippen LogP contribution in [0.4, 0.5) is 0 Å². The monoisotopic (exact) mass is 380 g/mol. The molecule has 1 spiro atoms. The molecule has 5 heteroatoms. The van der Waals surface area contributed by atoms with E-state index in [2.05, 4.69) is 34.5 Å². The molecule has 4 rings (SSSR count). The summed E-state index contributed by atoms with van der Waals surface area (Å²) >= 11 is 0. The number of hydrogen-bond donors (Lipinski definition) is 1. The van der Waals surface area contributed by atoms with Crippen molar-refractivity contribution in [2.75, 3.05) is 32.8 Å². The maximum atomic E-state index is 12.7. The van der Waals surface area contributed by atoms with E-state index in [1.165, 1.54) is 0 Å². The van der Waals surface area contributed by atoms with Crippen molar-refractivity contribution >= 4 is 5.91 Å². The van der Waals surface area contributed by atoms with E-state index in [4.69, 9.17) is 9.47 Å². The zero-order chi connectivity index (χ0) is 19.2. The molecule has 0 aromatic heterocycles. The van der Waals surface area contributed by atoms with Gasteiger partial charge in [-0.2, -0.15) is 0 Å². The number of nitrogens with one attached hydrogen (secondary N) is 1. The van der Waals surface area contributed by atoms with Gasteiger partial charge >= 0.3 is 0 Å². The molecule has 2 aromatic carbocycles. The second-order valence-corrected chi connectivity index (χ2v) is 7.52. The molecule has 2 aliphatic heterocycles. The summed E-state index contributed by atoms with van der Waals surface area (Å²) in [7, 11) is 0. The number of carbonyl (C=O) groups excluding carboxylic acids is 1. The van der Waals surface area contributed by atoms with Crippen LogP contribution in [-0.2, 0) is 14.3 Å². The van der Waals surface area contributed by atoms with Crippen LogP contribution in [0.3, 0.4) is 0 Å². The lowest BCUT2D eigenvalue weighted by Crippen LogP contribution is -2.46. The Balaban J connectivity index is 1.32. The first-order chi connectivity index (χ1) is 13.7. The zero-order valence-electron chi connectivity index (χ0n) is 16.2. The Morgan fingerprint density at radius 1 is 0.929 bits per heavy atom. The molecule has 0 radical (unpaired) electrons. The van der Waals surface area contributed by atoms with Crippen LogP contribution in [0.5, 0.6) is 0 Å². The fraction of sp³-hybridized carbons (Fsp3) is 0.435. The van der Waals surface area contributed by atoms with Gasteiger partial charge in [0.05, 0.1) is 19.3 Å². The minimum Gasteiger partial charge on any atom is -0.347 e. The average molecular weight is 380 g/mol. The van der Waals surface area contributed by atoms with Crippen LogP contribution in [0.1, 0.15) is 36.4 Å². The van der Waals surface area contributed by atoms with Crippen molar-refractivity contribution in [3.8, 4) is 0 Å². The molecule has 148 valence electrons. The second kappa shape index (κ2) is 8.86. The lowest BCUT2D eigenvalue weighted by Gasteiger charge is -2.37. The Morgan fingerprint density at radius 3 is 2.00 bits per heavy atom. The highest BCUT2D eigenvalue weighted by Crippen LogP contribution is 2.31. The van der Waals surface area contributed by atoms with Gasteiger partial charge in [0, 0.05) is 38.9 Å². The molecule has 1 amide bonds. The fourth-order valence-electron chi connectivity index (χ4n) is 4.05. The van der Waals surface area contributed by atoms with Crippen molar-refractivity contribution in [2.45, 2.75) is 31.1 Å². The normalized spacial score (nSPS) is 19.2. The minimum atomic E-state index is -0.357. The summed E-state index contributed by atoms with van der Waals surface area (Å²) in [5, 5.41) is 3.22. The van der Waals surface area contributed by atoms with Crippen LogP contribution in [0.15, 0.2) is 60.7 Å². The number of rotatable bonds is 6. The average Bonchev–Trinajstić information content (AvgIpc) is 3.21. The number of hydrogen-bond acceptors (Lipinski definition) is 4. The van der Waals surface area contributed by atoms with Crippen molar-refractivity contribution in [3.05, 3.63) is 71.8 Å². The largest absolute Gasteiger partial charge is 0.347 e. The van der Waals surface area contributed by atoms with Crippen LogP contribution in [0, 0.1) is 0 Å². The number of nitrogens with zero attached hydrogens (tertiary/aromatic N) is 1. The first-order valence-electron chi connectivity index (χ1n) is 10.1. The molecule has 2 saturated heterocycles. The smallest absolute Gasteiger partial charge is 0.222 e. The lowest BCUT2D eigenvalue weighted by atomic mass is 9.98. The standard InChI is InChI=1S/C23H28N2O3/c26-21(11-14-25-15-12-23(13-16-25)27-17-18-28-23)24-22(19-7-3-1-4-8-19)20-9-5-2-6-10-20/h1-10,22H,11-18H2,(H,24,26). The summed E-state index contributed by atoms with van der Waals surface area (Å²) < 4.78 is 11.6. The maximum absolute atomic E-state index is 12.7. The van der Waals surface area contributed by atoms with Gasteiger partial charge in [0.15, 0.2) is 5.79 Å². The van der Waals surface area contributed by atoms with Crippen LogP contribution in [-0.4, -0.2) is 49.4 Å². The maximum Gasteiger partial charge on any atom is 0.222 e. The second-order valence-electron chi connectivity index (χ2n) is 7.52. The molecule has 2 heterocycles. The van der Waals surface area contributed by atoms with Crippen molar-refractivity contribution in [2.24, 2.45) is 0 Å². The van der Waals surface area contributed by atoms with E-state index in [1.807, 2.05) is 36.4 Å². The van der Waals surface area contributed by atoms with E-state index in [0.29, 0.717) is 19.6 Å². The first-order valence-corrected chi connectivity index (χ1v) is 10.1. The van der Waals surface area contributed by atoms with Crippen molar-refractivity contribution in [1.29, 1.82) is 0 Å². The summed E-state index contributed by atoms with van der Waals surface area (Å²) in [6.45, 7) is 3.98. The Kier molecular flexibility index (Phi) is 6.05. The van der Waals surface area contributed by atoms with Gasteiger partial charge in [-0.25, -0.2) is 0 Å². The highest BCUT2D eigenvalue weighted by Gasteiger charge is 2.39. The van der Waals surface area contributed by atoms with E-state index >= 15 is 0 Å². The molecule has 5 nitrogen and oxygen atoms in total. The van der Waals surface area contributed by atoms with E-state index < -0.39 is 0 Å². The number of benzene rings is 2. The number of likely N-dealkylation sites (tertiary alicyclic amines) is 1. The topological polar surface area (TPSA) is 50.8 Å². The third kappa shape index (κ3) is 4.61. The highest BCUT2D eigenvalue weighted by molar-refractivity contribution is 5.77.